The third-order valence-electron chi connectivity index (χ3n) is 3.78. The maximum absolute atomic E-state index is 9.50. The number of halogens is 1. The fourth-order valence-electron chi connectivity index (χ4n) is 2.89. The van der Waals surface area contributed by atoms with Crippen LogP contribution in [0.5, 0.6) is 0 Å². The molecule has 2 aliphatic rings. The Morgan fingerprint density at radius 2 is 2.35 bits per heavy atom. The number of nitrogens with zero attached hydrogens (tertiary/aromatic N) is 1. The maximum atomic E-state index is 9.50. The quantitative estimate of drug-likeness (QED) is 0.827. The lowest BCUT2D eigenvalue weighted by Crippen LogP contribution is -2.53. The molecule has 2 aliphatic heterocycles. The van der Waals surface area contributed by atoms with Crippen LogP contribution in [0, 0.1) is 5.92 Å². The number of ether oxygens (including phenoxy) is 1. The summed E-state index contributed by atoms with van der Waals surface area (Å²) >= 11 is 6.07. The van der Waals surface area contributed by atoms with Crippen molar-refractivity contribution in [1.29, 1.82) is 0 Å². The van der Waals surface area contributed by atoms with Crippen LogP contribution in [0.15, 0.2) is 18.2 Å². The Kier molecular flexibility index (Phi) is 2.99. The number of aliphatic hydroxyl groups is 1. The summed E-state index contributed by atoms with van der Waals surface area (Å²) in [6.07, 6.45) is 0.910. The number of aliphatic hydroxyl groups excluding tert-OH is 1. The SMILES string of the molecule is OCC1Cc2ccc(Cl)cc2N2CCOCC12. The van der Waals surface area contributed by atoms with Crippen LogP contribution in [-0.4, -0.2) is 37.5 Å². The molecule has 3 nitrogen and oxygen atoms in total. The van der Waals surface area contributed by atoms with Crippen molar-refractivity contribution in [1.82, 2.24) is 0 Å². The van der Waals surface area contributed by atoms with Gasteiger partial charge >= 0.3 is 0 Å². The number of fused-ring (bicyclic) bond motifs is 3. The van der Waals surface area contributed by atoms with Crippen molar-refractivity contribution in [3.05, 3.63) is 28.8 Å². The molecule has 0 saturated carbocycles. The molecular formula is C13H16ClNO2. The van der Waals surface area contributed by atoms with E-state index in [9.17, 15) is 5.11 Å². The number of hydrogen-bond acceptors (Lipinski definition) is 3. The molecule has 2 unspecified atom stereocenters. The second-order valence-electron chi connectivity index (χ2n) is 4.76. The molecule has 0 spiro atoms. The summed E-state index contributed by atoms with van der Waals surface area (Å²) in [5, 5.41) is 10.3. The monoisotopic (exact) mass is 253 g/mol. The van der Waals surface area contributed by atoms with Crippen molar-refractivity contribution in [3.8, 4) is 0 Å². The lowest BCUT2D eigenvalue weighted by atomic mass is 9.86. The first-order valence-electron chi connectivity index (χ1n) is 6.03. The van der Waals surface area contributed by atoms with E-state index in [1.165, 1.54) is 11.3 Å². The summed E-state index contributed by atoms with van der Waals surface area (Å²) in [6.45, 7) is 2.55. The molecule has 92 valence electrons. The fraction of sp³-hybridized carbons (Fsp3) is 0.538. The second-order valence-corrected chi connectivity index (χ2v) is 5.19. The van der Waals surface area contributed by atoms with Crippen molar-refractivity contribution in [2.75, 3.05) is 31.3 Å². The minimum Gasteiger partial charge on any atom is -0.396 e. The molecule has 4 heteroatoms. The molecule has 0 aliphatic carbocycles. The molecule has 0 radical (unpaired) electrons. The molecule has 2 heterocycles. The molecule has 1 aromatic carbocycles. The molecule has 0 aromatic heterocycles. The third-order valence-corrected chi connectivity index (χ3v) is 4.02. The Morgan fingerprint density at radius 3 is 3.18 bits per heavy atom. The predicted molar refractivity (Wildman–Crippen MR) is 67.7 cm³/mol. The topological polar surface area (TPSA) is 32.7 Å². The van der Waals surface area contributed by atoms with Crippen molar-refractivity contribution in [2.24, 2.45) is 5.92 Å². The normalized spacial score (nSPS) is 27.5. The lowest BCUT2D eigenvalue weighted by Gasteiger charge is -2.45. The van der Waals surface area contributed by atoms with Crippen LogP contribution < -0.4 is 4.90 Å². The summed E-state index contributed by atoms with van der Waals surface area (Å²) in [7, 11) is 0. The number of rotatable bonds is 1. The van der Waals surface area contributed by atoms with E-state index in [4.69, 9.17) is 16.3 Å². The minimum absolute atomic E-state index is 0.215. The van der Waals surface area contributed by atoms with Crippen LogP contribution >= 0.6 is 11.6 Å². The maximum Gasteiger partial charge on any atom is 0.0674 e. The molecule has 17 heavy (non-hydrogen) atoms. The Morgan fingerprint density at radius 1 is 1.47 bits per heavy atom. The van der Waals surface area contributed by atoms with E-state index in [-0.39, 0.29) is 12.5 Å². The molecule has 0 bridgehead atoms. The van der Waals surface area contributed by atoms with E-state index in [1.807, 2.05) is 12.1 Å². The lowest BCUT2D eigenvalue weighted by molar-refractivity contribution is 0.0573. The number of anilines is 1. The molecule has 2 atom stereocenters. The highest BCUT2D eigenvalue weighted by Gasteiger charge is 2.35. The van der Waals surface area contributed by atoms with Gasteiger partial charge in [-0.05, 0) is 24.1 Å². The molecule has 1 N–H and O–H groups in total. The van der Waals surface area contributed by atoms with Gasteiger partial charge in [0.25, 0.3) is 0 Å². The van der Waals surface area contributed by atoms with Gasteiger partial charge in [0, 0.05) is 29.8 Å². The Balaban J connectivity index is 2.02. The Hall–Kier alpha value is -0.770. The van der Waals surface area contributed by atoms with Gasteiger partial charge in [0.15, 0.2) is 0 Å². The van der Waals surface area contributed by atoms with Crippen molar-refractivity contribution >= 4 is 17.3 Å². The third kappa shape index (κ3) is 1.92. The summed E-state index contributed by atoms with van der Waals surface area (Å²) < 4.78 is 5.53. The average Bonchev–Trinajstić information content (AvgIpc) is 2.38. The summed E-state index contributed by atoms with van der Waals surface area (Å²) in [5.74, 6) is 0.268. The van der Waals surface area contributed by atoms with Gasteiger partial charge in [-0.2, -0.15) is 0 Å². The van der Waals surface area contributed by atoms with E-state index in [0.29, 0.717) is 12.6 Å². The molecule has 3 rings (SSSR count). The highest BCUT2D eigenvalue weighted by atomic mass is 35.5. The van der Waals surface area contributed by atoms with Crippen LogP contribution in [0.1, 0.15) is 5.56 Å². The van der Waals surface area contributed by atoms with Gasteiger partial charge < -0.3 is 14.7 Å². The first kappa shape index (κ1) is 11.3. The molecule has 1 saturated heterocycles. The Bertz CT molecular complexity index is 424. The van der Waals surface area contributed by atoms with Gasteiger partial charge in [0.2, 0.25) is 0 Å². The van der Waals surface area contributed by atoms with E-state index in [1.54, 1.807) is 0 Å². The van der Waals surface area contributed by atoms with Gasteiger partial charge in [-0.15, -0.1) is 0 Å². The second kappa shape index (κ2) is 4.48. The first-order valence-corrected chi connectivity index (χ1v) is 6.41. The highest BCUT2D eigenvalue weighted by molar-refractivity contribution is 6.30. The van der Waals surface area contributed by atoms with Crippen molar-refractivity contribution in [2.45, 2.75) is 12.5 Å². The van der Waals surface area contributed by atoms with Crippen molar-refractivity contribution < 1.29 is 9.84 Å². The van der Waals surface area contributed by atoms with Crippen molar-refractivity contribution in [3.63, 3.8) is 0 Å². The standard InChI is InChI=1S/C13H16ClNO2/c14-11-2-1-9-5-10(7-16)13-8-17-4-3-15(13)12(9)6-11/h1-2,6,10,13,16H,3-5,7-8H2. The highest BCUT2D eigenvalue weighted by Crippen LogP contribution is 2.36. The summed E-state index contributed by atoms with van der Waals surface area (Å²) in [5.41, 5.74) is 2.50. The molecule has 1 fully saturated rings. The fourth-order valence-corrected chi connectivity index (χ4v) is 3.06. The number of benzene rings is 1. The van der Waals surface area contributed by atoms with Gasteiger partial charge in [-0.1, -0.05) is 17.7 Å². The van der Waals surface area contributed by atoms with Gasteiger partial charge in [-0.25, -0.2) is 0 Å². The van der Waals surface area contributed by atoms with Gasteiger partial charge in [0.05, 0.1) is 19.3 Å². The molecular weight excluding hydrogens is 238 g/mol. The smallest absolute Gasteiger partial charge is 0.0674 e. The van der Waals surface area contributed by atoms with Gasteiger partial charge in [0.1, 0.15) is 0 Å². The van der Waals surface area contributed by atoms with E-state index >= 15 is 0 Å². The largest absolute Gasteiger partial charge is 0.396 e. The molecule has 0 amide bonds. The van der Waals surface area contributed by atoms with E-state index in [2.05, 4.69) is 11.0 Å². The number of hydrogen-bond donors (Lipinski definition) is 1. The first-order chi connectivity index (χ1) is 8.29. The zero-order valence-electron chi connectivity index (χ0n) is 9.60. The number of morpholine rings is 1. The van der Waals surface area contributed by atoms with E-state index < -0.39 is 0 Å². The average molecular weight is 254 g/mol. The minimum atomic E-state index is 0.215. The van der Waals surface area contributed by atoms with Crippen LogP contribution in [-0.2, 0) is 11.2 Å². The van der Waals surface area contributed by atoms with Gasteiger partial charge in [-0.3, -0.25) is 0 Å². The summed E-state index contributed by atoms with van der Waals surface area (Å²) in [4.78, 5) is 2.34. The van der Waals surface area contributed by atoms with Crippen LogP contribution in [0.4, 0.5) is 5.69 Å². The van der Waals surface area contributed by atoms with Crippen LogP contribution in [0.25, 0.3) is 0 Å². The van der Waals surface area contributed by atoms with Crippen LogP contribution in [0.2, 0.25) is 5.02 Å². The zero-order chi connectivity index (χ0) is 11.8. The van der Waals surface area contributed by atoms with Crippen LogP contribution in [0.3, 0.4) is 0 Å². The Labute approximate surface area is 106 Å². The molecule has 1 aromatic rings. The zero-order valence-corrected chi connectivity index (χ0v) is 10.4. The predicted octanol–water partition coefficient (Wildman–Crippen LogP) is 1.71. The summed E-state index contributed by atoms with van der Waals surface area (Å²) in [6, 6.07) is 6.32. The van der Waals surface area contributed by atoms with E-state index in [0.717, 1.165) is 24.6 Å².